The van der Waals surface area contributed by atoms with Crippen molar-refractivity contribution in [3.05, 3.63) is 18.2 Å². The lowest BCUT2D eigenvalue weighted by molar-refractivity contribution is -0.120. The molecule has 3 amide bonds. The van der Waals surface area contributed by atoms with Crippen LogP contribution in [0.15, 0.2) is 18.2 Å². The molecule has 3 aliphatic rings. The monoisotopic (exact) mass is 621 g/mol. The summed E-state index contributed by atoms with van der Waals surface area (Å²) in [5.41, 5.74) is 2.68. The van der Waals surface area contributed by atoms with E-state index >= 15 is 0 Å². The molecule has 0 aliphatic heterocycles. The number of amides is 3. The predicted octanol–water partition coefficient (Wildman–Crippen LogP) is 10.3. The molecule has 0 saturated heterocycles. The Morgan fingerprint density at radius 1 is 0.467 bits per heavy atom. The van der Waals surface area contributed by atoms with Crippen LogP contribution in [0.5, 0.6) is 0 Å². The van der Waals surface area contributed by atoms with E-state index in [-0.39, 0.29) is 35.8 Å². The highest BCUT2D eigenvalue weighted by molar-refractivity contribution is 6.01. The Kier molecular flexibility index (Phi) is 14.7. The fraction of sp³-hybridized carbons (Fsp3) is 0.769. The van der Waals surface area contributed by atoms with Gasteiger partial charge in [0, 0.05) is 54.5 Å². The fourth-order valence-corrected chi connectivity index (χ4v) is 8.04. The molecule has 3 fully saturated rings. The first-order chi connectivity index (χ1) is 22.0. The van der Waals surface area contributed by atoms with Gasteiger partial charge in [0.2, 0.25) is 17.7 Å². The fourth-order valence-electron chi connectivity index (χ4n) is 8.04. The average molecular weight is 622 g/mol. The first-order valence-corrected chi connectivity index (χ1v) is 19.1. The van der Waals surface area contributed by atoms with Gasteiger partial charge in [-0.25, -0.2) is 0 Å². The van der Waals surface area contributed by atoms with Crippen LogP contribution in [-0.4, -0.2) is 35.8 Å². The van der Waals surface area contributed by atoms with Crippen molar-refractivity contribution in [2.24, 2.45) is 0 Å². The molecule has 0 atom stereocenters. The van der Waals surface area contributed by atoms with Gasteiger partial charge in [0.05, 0.1) is 0 Å². The molecule has 0 bridgehead atoms. The molecule has 6 heteroatoms. The highest BCUT2D eigenvalue weighted by atomic mass is 16.2. The van der Waals surface area contributed by atoms with Crippen LogP contribution in [0.25, 0.3) is 0 Å². The zero-order valence-corrected chi connectivity index (χ0v) is 29.0. The van der Waals surface area contributed by atoms with E-state index < -0.39 is 0 Å². The Morgan fingerprint density at radius 2 is 0.711 bits per heavy atom. The van der Waals surface area contributed by atoms with Crippen LogP contribution in [0, 0.1) is 0 Å². The van der Waals surface area contributed by atoms with E-state index in [9.17, 15) is 14.4 Å². The van der Waals surface area contributed by atoms with Gasteiger partial charge in [-0.15, -0.1) is 0 Å². The maximum absolute atomic E-state index is 14.1. The largest absolute Gasteiger partial charge is 0.309 e. The second-order valence-corrected chi connectivity index (χ2v) is 14.2. The summed E-state index contributed by atoms with van der Waals surface area (Å²) in [6, 6.07) is 6.96. The second-order valence-electron chi connectivity index (χ2n) is 14.2. The topological polar surface area (TPSA) is 60.9 Å². The second kappa shape index (κ2) is 18.7. The molecule has 0 unspecified atom stereocenters. The highest BCUT2D eigenvalue weighted by Gasteiger charge is 2.33. The van der Waals surface area contributed by atoms with Gasteiger partial charge in [0.1, 0.15) is 0 Å². The molecule has 3 saturated carbocycles. The van der Waals surface area contributed by atoms with Crippen molar-refractivity contribution in [3.8, 4) is 0 Å². The molecular formula is C39H63N3O3. The number of anilines is 3. The Labute approximate surface area is 274 Å². The van der Waals surface area contributed by atoms with Gasteiger partial charge in [-0.3, -0.25) is 14.4 Å². The molecule has 45 heavy (non-hydrogen) atoms. The molecule has 0 spiro atoms. The Bertz CT molecular complexity index is 924. The lowest BCUT2D eigenvalue weighted by Crippen LogP contribution is -2.44. The number of benzene rings is 1. The van der Waals surface area contributed by atoms with Gasteiger partial charge in [-0.05, 0) is 76.0 Å². The summed E-state index contributed by atoms with van der Waals surface area (Å²) in [6.45, 7) is 6.43. The minimum atomic E-state index is 0.170. The van der Waals surface area contributed by atoms with Crippen molar-refractivity contribution in [2.75, 3.05) is 14.7 Å². The Morgan fingerprint density at radius 3 is 0.933 bits per heavy atom. The summed E-state index contributed by atoms with van der Waals surface area (Å²) >= 11 is 0. The Balaban J connectivity index is 1.88. The Hall–Kier alpha value is -2.37. The average Bonchev–Trinajstić information content (AvgIpc) is 3.07. The third kappa shape index (κ3) is 9.81. The number of carbonyl (C=O) groups excluding carboxylic acids is 3. The van der Waals surface area contributed by atoms with Gasteiger partial charge in [0.15, 0.2) is 0 Å². The van der Waals surface area contributed by atoms with Crippen LogP contribution in [0.2, 0.25) is 0 Å². The molecule has 1 aromatic rings. The van der Waals surface area contributed by atoms with Gasteiger partial charge < -0.3 is 14.7 Å². The van der Waals surface area contributed by atoms with Crippen molar-refractivity contribution in [2.45, 2.75) is 193 Å². The predicted molar refractivity (Wildman–Crippen MR) is 188 cm³/mol. The number of hydrogen-bond donors (Lipinski definition) is 0. The van der Waals surface area contributed by atoms with Crippen LogP contribution in [0.1, 0.15) is 175 Å². The molecule has 6 nitrogen and oxygen atoms in total. The van der Waals surface area contributed by atoms with Gasteiger partial charge in [-0.1, -0.05) is 97.8 Å². The van der Waals surface area contributed by atoms with Crippen LogP contribution >= 0.6 is 0 Å². The minimum absolute atomic E-state index is 0.170. The summed E-state index contributed by atoms with van der Waals surface area (Å²) in [6.07, 6.45) is 23.8. The maximum atomic E-state index is 14.1. The normalized spacial score (nSPS) is 18.5. The van der Waals surface area contributed by atoms with Crippen LogP contribution in [0.3, 0.4) is 0 Å². The van der Waals surface area contributed by atoms with E-state index in [0.29, 0.717) is 19.3 Å². The number of hydrogen-bond acceptors (Lipinski definition) is 3. The van der Waals surface area contributed by atoms with E-state index in [1.807, 2.05) is 0 Å². The molecule has 1 aromatic carbocycles. The molecule has 252 valence electrons. The first kappa shape index (κ1) is 35.5. The van der Waals surface area contributed by atoms with E-state index in [2.05, 4.69) is 53.7 Å². The molecule has 0 radical (unpaired) electrons. The molecule has 0 aromatic heterocycles. The van der Waals surface area contributed by atoms with E-state index in [0.717, 1.165) is 133 Å². The van der Waals surface area contributed by atoms with E-state index in [1.54, 1.807) is 0 Å². The molecular weight excluding hydrogens is 558 g/mol. The number of rotatable bonds is 15. The molecule has 0 heterocycles. The molecule has 0 N–H and O–H groups in total. The number of unbranched alkanes of at least 4 members (excludes halogenated alkanes) is 3. The summed E-state index contributed by atoms with van der Waals surface area (Å²) in [5, 5.41) is 0. The third-order valence-corrected chi connectivity index (χ3v) is 10.6. The number of carbonyl (C=O) groups is 3. The van der Waals surface area contributed by atoms with Crippen LogP contribution < -0.4 is 14.7 Å². The van der Waals surface area contributed by atoms with Gasteiger partial charge in [-0.2, -0.15) is 0 Å². The smallest absolute Gasteiger partial charge is 0.227 e. The zero-order chi connectivity index (χ0) is 32.0. The molecule has 3 aliphatic carbocycles. The maximum Gasteiger partial charge on any atom is 0.227 e. The summed E-state index contributed by atoms with van der Waals surface area (Å²) in [4.78, 5) is 48.6. The summed E-state index contributed by atoms with van der Waals surface area (Å²) < 4.78 is 0. The number of nitrogens with zero attached hydrogens (tertiary/aromatic N) is 3. The van der Waals surface area contributed by atoms with Crippen molar-refractivity contribution < 1.29 is 14.4 Å². The van der Waals surface area contributed by atoms with Crippen molar-refractivity contribution >= 4 is 34.8 Å². The van der Waals surface area contributed by atoms with E-state index in [1.165, 1.54) is 19.3 Å². The third-order valence-electron chi connectivity index (χ3n) is 10.6. The van der Waals surface area contributed by atoms with Crippen LogP contribution in [-0.2, 0) is 14.4 Å². The standard InChI is InChI=1S/C39H63N3O3/c1-4-7-25-37(43)40(31-19-13-10-14-20-31)34-28-35(41(38(44)26-8-5-2)32-21-15-11-16-22-32)30-36(29-34)42(39(45)27-9-6-3)33-23-17-12-18-24-33/h28-33H,4-27H2,1-3H3. The quantitative estimate of drug-likeness (QED) is 0.196. The van der Waals surface area contributed by atoms with Crippen LogP contribution in [0.4, 0.5) is 17.1 Å². The van der Waals surface area contributed by atoms with Crippen molar-refractivity contribution in [3.63, 3.8) is 0 Å². The molecule has 4 rings (SSSR count). The summed E-state index contributed by atoms with van der Waals surface area (Å²) in [7, 11) is 0. The van der Waals surface area contributed by atoms with Gasteiger partial charge >= 0.3 is 0 Å². The lowest BCUT2D eigenvalue weighted by Gasteiger charge is -2.40. The summed E-state index contributed by atoms with van der Waals surface area (Å²) in [5.74, 6) is 0.569. The van der Waals surface area contributed by atoms with Gasteiger partial charge in [0.25, 0.3) is 0 Å². The lowest BCUT2D eigenvalue weighted by atomic mass is 9.91. The van der Waals surface area contributed by atoms with Crippen molar-refractivity contribution in [1.82, 2.24) is 0 Å². The minimum Gasteiger partial charge on any atom is -0.309 e. The first-order valence-electron chi connectivity index (χ1n) is 19.1. The highest BCUT2D eigenvalue weighted by Crippen LogP contribution is 2.39. The zero-order valence-electron chi connectivity index (χ0n) is 29.0. The SMILES string of the molecule is CCCCC(=O)N(c1cc(N(C(=O)CCCC)C2CCCCC2)cc(N(C(=O)CCCC)C2CCCCC2)c1)C1CCCCC1. The van der Waals surface area contributed by atoms with E-state index in [4.69, 9.17) is 0 Å². The van der Waals surface area contributed by atoms with Crippen molar-refractivity contribution in [1.29, 1.82) is 0 Å².